The molecule has 0 aliphatic carbocycles. The van der Waals surface area contributed by atoms with Crippen LogP contribution in [-0.2, 0) is 44.7 Å². The summed E-state index contributed by atoms with van der Waals surface area (Å²) in [5, 5.41) is 10.3. The molecule has 1 N–H and O–H groups in total. The molecule has 286 valence electrons. The van der Waals surface area contributed by atoms with Crippen LogP contribution in [0.2, 0.25) is 0 Å². The summed E-state index contributed by atoms with van der Waals surface area (Å²) >= 11 is 0. The van der Waals surface area contributed by atoms with Gasteiger partial charge < -0.3 is 47.7 Å². The fourth-order valence-corrected chi connectivity index (χ4v) is 7.26. The lowest BCUT2D eigenvalue weighted by atomic mass is 9.85. The van der Waals surface area contributed by atoms with Crippen LogP contribution < -0.4 is 33.2 Å². The number of cyclic esters (lactones) is 2. The molecular formula is C42H46O12. The largest absolute Gasteiger partial charge is 0.502 e. The van der Waals surface area contributed by atoms with Gasteiger partial charge in [-0.2, -0.15) is 0 Å². The minimum atomic E-state index is -0.402. The van der Waals surface area contributed by atoms with E-state index >= 15 is 0 Å². The standard InChI is InChI=1S/C42H46O12/c1-46-32-10-7-24(17-35(32)47-2)13-28-22-52-41(44)30(28)15-26-9-12-34(37(19-26)49-4)54-33-11-8-25(18-36(33)48-3)14-29-23-53-42(45)31(29)16-27-20-38(50-5)40(43)39(21-27)51-6/h7-12,17-21,28-31,43H,13-16,22-23H2,1-6H3/t28-,29-,30+,31+/m0/s1. The van der Waals surface area contributed by atoms with Crippen molar-refractivity contribution in [1.29, 1.82) is 0 Å². The third kappa shape index (κ3) is 8.22. The molecule has 12 nitrogen and oxygen atoms in total. The minimum Gasteiger partial charge on any atom is -0.502 e. The monoisotopic (exact) mass is 742 g/mol. The van der Waals surface area contributed by atoms with Crippen LogP contribution >= 0.6 is 0 Å². The van der Waals surface area contributed by atoms with Gasteiger partial charge in [0.25, 0.3) is 0 Å². The lowest BCUT2D eigenvalue weighted by Gasteiger charge is -2.19. The maximum absolute atomic E-state index is 12.9. The number of esters is 2. The molecule has 2 aliphatic heterocycles. The summed E-state index contributed by atoms with van der Waals surface area (Å²) in [6.45, 7) is 0.634. The molecule has 0 bridgehead atoms. The Morgan fingerprint density at radius 3 is 1.26 bits per heavy atom. The Hall–Kier alpha value is -5.78. The highest BCUT2D eigenvalue weighted by Crippen LogP contribution is 2.42. The van der Waals surface area contributed by atoms with Crippen molar-refractivity contribution in [2.45, 2.75) is 25.7 Å². The molecule has 4 atom stereocenters. The molecule has 0 saturated carbocycles. The highest BCUT2D eigenvalue weighted by atomic mass is 16.6. The molecule has 2 saturated heterocycles. The topological polar surface area (TPSA) is 137 Å². The van der Waals surface area contributed by atoms with E-state index in [9.17, 15) is 14.7 Å². The van der Waals surface area contributed by atoms with Crippen molar-refractivity contribution in [1.82, 2.24) is 0 Å². The second-order valence-electron chi connectivity index (χ2n) is 13.4. The van der Waals surface area contributed by atoms with Gasteiger partial charge in [-0.1, -0.05) is 18.2 Å². The van der Waals surface area contributed by atoms with Crippen LogP contribution in [0.1, 0.15) is 22.3 Å². The molecule has 0 unspecified atom stereocenters. The fourth-order valence-electron chi connectivity index (χ4n) is 7.26. The van der Waals surface area contributed by atoms with E-state index in [0.717, 1.165) is 22.3 Å². The van der Waals surface area contributed by atoms with Crippen LogP contribution in [0.5, 0.6) is 51.7 Å². The maximum atomic E-state index is 12.9. The number of hydrogen-bond acceptors (Lipinski definition) is 12. The Morgan fingerprint density at radius 2 is 0.833 bits per heavy atom. The van der Waals surface area contributed by atoms with Gasteiger partial charge in [-0.25, -0.2) is 0 Å². The van der Waals surface area contributed by atoms with E-state index in [4.69, 9.17) is 42.6 Å². The van der Waals surface area contributed by atoms with Crippen LogP contribution in [0, 0.1) is 23.7 Å². The Morgan fingerprint density at radius 1 is 0.481 bits per heavy atom. The number of carbonyl (C=O) groups excluding carboxylic acids is 2. The van der Waals surface area contributed by atoms with E-state index in [1.54, 1.807) is 40.6 Å². The molecule has 0 amide bonds. The first-order valence-corrected chi connectivity index (χ1v) is 17.7. The van der Waals surface area contributed by atoms with Gasteiger partial charge in [-0.05, 0) is 96.5 Å². The average molecular weight is 743 g/mol. The van der Waals surface area contributed by atoms with Gasteiger partial charge in [0.15, 0.2) is 46.0 Å². The molecule has 2 fully saturated rings. The normalized spacial score (nSPS) is 19.1. The molecule has 12 heteroatoms. The van der Waals surface area contributed by atoms with Crippen molar-refractivity contribution >= 4 is 11.9 Å². The van der Waals surface area contributed by atoms with Gasteiger partial charge in [-0.3, -0.25) is 9.59 Å². The third-order valence-electron chi connectivity index (χ3n) is 10.2. The number of aromatic hydroxyl groups is 1. The van der Waals surface area contributed by atoms with Gasteiger partial charge in [0.1, 0.15) is 0 Å². The maximum Gasteiger partial charge on any atom is 0.309 e. The summed E-state index contributed by atoms with van der Waals surface area (Å²) in [6.07, 6.45) is 2.09. The summed E-state index contributed by atoms with van der Waals surface area (Å²) in [7, 11) is 9.27. The van der Waals surface area contributed by atoms with Crippen molar-refractivity contribution in [3.05, 3.63) is 89.0 Å². The van der Waals surface area contributed by atoms with E-state index in [0.29, 0.717) is 66.8 Å². The summed E-state index contributed by atoms with van der Waals surface area (Å²) in [4.78, 5) is 25.7. The van der Waals surface area contributed by atoms with Gasteiger partial charge in [0, 0.05) is 11.8 Å². The van der Waals surface area contributed by atoms with Crippen molar-refractivity contribution in [3.63, 3.8) is 0 Å². The quantitative estimate of drug-likeness (QED) is 0.128. The van der Waals surface area contributed by atoms with E-state index < -0.39 is 5.92 Å². The average Bonchev–Trinajstić information content (AvgIpc) is 3.71. The molecule has 0 aromatic heterocycles. The summed E-state index contributed by atoms with van der Waals surface area (Å²) in [5.74, 6) is 2.41. The molecule has 6 rings (SSSR count). The number of benzene rings is 4. The molecule has 4 aromatic carbocycles. The second-order valence-corrected chi connectivity index (χ2v) is 13.4. The zero-order valence-electron chi connectivity index (χ0n) is 31.3. The van der Waals surface area contributed by atoms with Gasteiger partial charge in [0.05, 0.1) is 67.7 Å². The fraction of sp³-hybridized carbons (Fsp3) is 0.381. The molecule has 2 aliphatic rings. The van der Waals surface area contributed by atoms with E-state index in [-0.39, 0.29) is 53.5 Å². The summed E-state index contributed by atoms with van der Waals surface area (Å²) in [6, 6.07) is 20.5. The molecule has 4 aromatic rings. The Bertz CT molecular complexity index is 1950. The summed E-state index contributed by atoms with van der Waals surface area (Å²) < 4.78 is 50.2. The molecule has 0 radical (unpaired) electrons. The molecule has 54 heavy (non-hydrogen) atoms. The number of phenols is 1. The molecule has 2 heterocycles. The highest BCUT2D eigenvalue weighted by Gasteiger charge is 2.38. The Balaban J connectivity index is 1.13. The SMILES string of the molecule is COc1ccc(C[C@H]2COC(=O)[C@@H]2Cc2ccc(Oc3ccc(C[C@H]4COC(=O)[C@@H]4Cc4cc(OC)c(O)c(OC)c4)cc3OC)c(OC)c2)cc1OC. The lowest BCUT2D eigenvalue weighted by Crippen LogP contribution is -2.20. The predicted octanol–water partition coefficient (Wildman–Crippen LogP) is 6.38. The van der Waals surface area contributed by atoms with E-state index in [2.05, 4.69) is 0 Å². The Kier molecular flexibility index (Phi) is 11.9. The van der Waals surface area contributed by atoms with Crippen LogP contribution in [0.15, 0.2) is 66.7 Å². The van der Waals surface area contributed by atoms with Crippen LogP contribution in [-0.4, -0.2) is 72.9 Å². The lowest BCUT2D eigenvalue weighted by molar-refractivity contribution is -0.142. The second kappa shape index (κ2) is 16.9. The molecule has 0 spiro atoms. The van der Waals surface area contributed by atoms with Gasteiger partial charge >= 0.3 is 11.9 Å². The van der Waals surface area contributed by atoms with Crippen molar-refractivity contribution in [2.75, 3.05) is 55.9 Å². The highest BCUT2D eigenvalue weighted by molar-refractivity contribution is 5.76. The van der Waals surface area contributed by atoms with Crippen LogP contribution in [0.25, 0.3) is 0 Å². The first kappa shape index (κ1) is 38.0. The van der Waals surface area contributed by atoms with Crippen LogP contribution in [0.3, 0.4) is 0 Å². The number of carbonyl (C=O) groups is 2. The zero-order chi connectivity index (χ0) is 38.4. The number of methoxy groups -OCH3 is 6. The van der Waals surface area contributed by atoms with E-state index in [1.165, 1.54) is 14.2 Å². The predicted molar refractivity (Wildman–Crippen MR) is 198 cm³/mol. The van der Waals surface area contributed by atoms with Gasteiger partial charge in [0.2, 0.25) is 5.75 Å². The van der Waals surface area contributed by atoms with Crippen molar-refractivity contribution < 1.29 is 57.3 Å². The number of ether oxygens (including phenoxy) is 9. The Labute approximate surface area is 314 Å². The smallest absolute Gasteiger partial charge is 0.309 e. The first-order chi connectivity index (χ1) is 26.2. The number of hydrogen-bond donors (Lipinski definition) is 1. The third-order valence-corrected chi connectivity index (χ3v) is 10.2. The number of phenolic OH excluding ortho intramolecular Hbond substituents is 1. The first-order valence-electron chi connectivity index (χ1n) is 17.7. The number of rotatable bonds is 16. The van der Waals surface area contributed by atoms with E-state index in [1.807, 2.05) is 54.6 Å². The summed E-state index contributed by atoms with van der Waals surface area (Å²) in [5.41, 5.74) is 3.68. The van der Waals surface area contributed by atoms with Gasteiger partial charge in [-0.15, -0.1) is 0 Å². The zero-order valence-corrected chi connectivity index (χ0v) is 31.3. The van der Waals surface area contributed by atoms with Crippen molar-refractivity contribution in [3.8, 4) is 51.7 Å². The minimum absolute atomic E-state index is 0.00988. The van der Waals surface area contributed by atoms with Crippen molar-refractivity contribution in [2.24, 2.45) is 23.7 Å². The van der Waals surface area contributed by atoms with Crippen LogP contribution in [0.4, 0.5) is 0 Å². The molecular weight excluding hydrogens is 696 g/mol.